The zero-order valence-electron chi connectivity index (χ0n) is 16.8. The summed E-state index contributed by atoms with van der Waals surface area (Å²) in [5, 5.41) is 6.78. The van der Waals surface area contributed by atoms with Crippen molar-refractivity contribution in [2.24, 2.45) is 0 Å². The van der Waals surface area contributed by atoms with Gasteiger partial charge in [-0.3, -0.25) is 14.2 Å². The molecule has 1 heterocycles. The lowest BCUT2D eigenvalue weighted by molar-refractivity contribution is -0.119. The van der Waals surface area contributed by atoms with E-state index >= 15 is 0 Å². The molecule has 1 aromatic heterocycles. The number of benzene rings is 2. The first-order chi connectivity index (χ1) is 14.5. The van der Waals surface area contributed by atoms with Crippen LogP contribution in [0.3, 0.4) is 0 Å². The molecule has 0 saturated heterocycles. The second kappa shape index (κ2) is 8.86. The van der Waals surface area contributed by atoms with E-state index in [-0.39, 0.29) is 27.3 Å². The molecular formula is C20H19Cl2FN4O3S. The standard InChI is InChI=1S/C20H19Cl2FN4O3S/c1-11-9-12(2)27(25-11)13(3)20(28)24-17-8-7-14(10-16(17)22)26-31(29,30)18-6-4-5-15(21)19(18)23/h4-10,13,26H,1-3H3,(H,24,28). The minimum Gasteiger partial charge on any atom is -0.323 e. The molecule has 7 nitrogen and oxygen atoms in total. The molecule has 0 aliphatic rings. The molecule has 0 fully saturated rings. The van der Waals surface area contributed by atoms with Crippen LogP contribution in [-0.2, 0) is 14.8 Å². The largest absolute Gasteiger partial charge is 0.323 e. The Kier molecular flexibility index (Phi) is 6.59. The van der Waals surface area contributed by atoms with Crippen LogP contribution in [0.1, 0.15) is 24.4 Å². The summed E-state index contributed by atoms with van der Waals surface area (Å²) in [6.07, 6.45) is 0. The van der Waals surface area contributed by atoms with Crippen LogP contribution < -0.4 is 10.0 Å². The van der Waals surface area contributed by atoms with E-state index in [1.807, 2.05) is 19.9 Å². The summed E-state index contributed by atoms with van der Waals surface area (Å²) in [7, 11) is -4.24. The summed E-state index contributed by atoms with van der Waals surface area (Å²) in [5.74, 6) is -1.40. The second-order valence-electron chi connectivity index (χ2n) is 6.89. The smallest absolute Gasteiger partial charge is 0.264 e. The SMILES string of the molecule is Cc1cc(C)n(C(C)C(=O)Nc2ccc(NS(=O)(=O)c3cccc(Cl)c3F)cc2Cl)n1. The van der Waals surface area contributed by atoms with Crippen molar-refractivity contribution in [2.45, 2.75) is 31.7 Å². The number of nitrogens with zero attached hydrogens (tertiary/aromatic N) is 2. The summed E-state index contributed by atoms with van der Waals surface area (Å²) in [6.45, 7) is 5.38. The number of carbonyl (C=O) groups excluding carboxylic acids is 1. The van der Waals surface area contributed by atoms with Gasteiger partial charge < -0.3 is 5.32 Å². The molecule has 3 rings (SSSR count). The van der Waals surface area contributed by atoms with Gasteiger partial charge in [0, 0.05) is 5.69 Å². The highest BCUT2D eigenvalue weighted by atomic mass is 35.5. The number of hydrogen-bond donors (Lipinski definition) is 2. The fraction of sp³-hybridized carbons (Fsp3) is 0.200. The lowest BCUT2D eigenvalue weighted by Crippen LogP contribution is -2.25. The number of anilines is 2. The Balaban J connectivity index is 1.78. The van der Waals surface area contributed by atoms with Gasteiger partial charge in [-0.05, 0) is 57.2 Å². The molecule has 3 aromatic rings. The van der Waals surface area contributed by atoms with Gasteiger partial charge in [-0.25, -0.2) is 12.8 Å². The Morgan fingerprint density at radius 2 is 1.84 bits per heavy atom. The van der Waals surface area contributed by atoms with E-state index in [1.54, 1.807) is 11.6 Å². The monoisotopic (exact) mass is 484 g/mol. The molecule has 2 aromatic carbocycles. The van der Waals surface area contributed by atoms with Crippen molar-refractivity contribution in [1.82, 2.24) is 9.78 Å². The highest BCUT2D eigenvalue weighted by molar-refractivity contribution is 7.92. The topological polar surface area (TPSA) is 93.1 Å². The summed E-state index contributed by atoms with van der Waals surface area (Å²) in [6, 6.07) is 9.10. The number of aryl methyl sites for hydroxylation is 2. The highest BCUT2D eigenvalue weighted by Crippen LogP contribution is 2.29. The van der Waals surface area contributed by atoms with Crippen LogP contribution in [0.4, 0.5) is 15.8 Å². The van der Waals surface area contributed by atoms with Gasteiger partial charge in [-0.1, -0.05) is 29.3 Å². The first-order valence-electron chi connectivity index (χ1n) is 9.09. The average Bonchev–Trinajstić information content (AvgIpc) is 3.03. The van der Waals surface area contributed by atoms with Gasteiger partial charge in [-0.2, -0.15) is 5.10 Å². The van der Waals surface area contributed by atoms with Crippen LogP contribution >= 0.6 is 23.2 Å². The van der Waals surface area contributed by atoms with Crippen LogP contribution in [-0.4, -0.2) is 24.1 Å². The molecule has 1 atom stereocenters. The van der Waals surface area contributed by atoms with E-state index in [0.717, 1.165) is 17.5 Å². The lowest BCUT2D eigenvalue weighted by atomic mass is 10.2. The first kappa shape index (κ1) is 23.1. The summed E-state index contributed by atoms with van der Waals surface area (Å²) >= 11 is 11.9. The van der Waals surface area contributed by atoms with Crippen molar-refractivity contribution in [2.75, 3.05) is 10.0 Å². The molecule has 0 aliphatic carbocycles. The third kappa shape index (κ3) is 5.00. The fourth-order valence-electron chi connectivity index (χ4n) is 2.97. The van der Waals surface area contributed by atoms with Gasteiger partial charge in [0.05, 0.1) is 27.1 Å². The van der Waals surface area contributed by atoms with Crippen molar-refractivity contribution >= 4 is 50.5 Å². The number of carbonyl (C=O) groups is 1. The molecule has 11 heteroatoms. The summed E-state index contributed by atoms with van der Waals surface area (Å²) in [4.78, 5) is 12.0. The molecule has 0 saturated carbocycles. The summed E-state index contributed by atoms with van der Waals surface area (Å²) in [5.41, 5.74) is 2.01. The molecule has 1 unspecified atom stereocenters. The quantitative estimate of drug-likeness (QED) is 0.517. The van der Waals surface area contributed by atoms with Crippen LogP contribution in [0.2, 0.25) is 10.0 Å². The lowest BCUT2D eigenvalue weighted by Gasteiger charge is -2.16. The van der Waals surface area contributed by atoms with Crippen molar-refractivity contribution < 1.29 is 17.6 Å². The number of hydrogen-bond acceptors (Lipinski definition) is 4. The normalized spacial score (nSPS) is 12.5. The minimum absolute atomic E-state index is 0.0916. The van der Waals surface area contributed by atoms with E-state index in [1.165, 1.54) is 30.3 Å². The van der Waals surface area contributed by atoms with Crippen LogP contribution in [0.15, 0.2) is 47.4 Å². The molecule has 1 amide bonds. The van der Waals surface area contributed by atoms with E-state index in [2.05, 4.69) is 15.1 Å². The minimum atomic E-state index is -4.24. The van der Waals surface area contributed by atoms with Gasteiger partial charge in [0.1, 0.15) is 10.9 Å². The van der Waals surface area contributed by atoms with Gasteiger partial charge in [0.15, 0.2) is 5.82 Å². The van der Waals surface area contributed by atoms with E-state index in [4.69, 9.17) is 23.2 Å². The second-order valence-corrected chi connectivity index (χ2v) is 9.35. The molecule has 0 bridgehead atoms. The van der Waals surface area contributed by atoms with Gasteiger partial charge in [-0.15, -0.1) is 0 Å². The number of sulfonamides is 1. The van der Waals surface area contributed by atoms with Crippen molar-refractivity contribution in [1.29, 1.82) is 0 Å². The van der Waals surface area contributed by atoms with E-state index in [9.17, 15) is 17.6 Å². The Bertz CT molecular complexity index is 1260. The van der Waals surface area contributed by atoms with Crippen LogP contribution in [0.25, 0.3) is 0 Å². The van der Waals surface area contributed by atoms with Crippen molar-refractivity contribution in [3.05, 3.63) is 69.7 Å². The van der Waals surface area contributed by atoms with E-state index in [0.29, 0.717) is 0 Å². The number of aromatic nitrogens is 2. The van der Waals surface area contributed by atoms with Gasteiger partial charge >= 0.3 is 0 Å². The molecule has 164 valence electrons. The van der Waals surface area contributed by atoms with Gasteiger partial charge in [0.2, 0.25) is 5.91 Å². The Hall–Kier alpha value is -2.62. The number of rotatable bonds is 6. The molecule has 0 spiro atoms. The van der Waals surface area contributed by atoms with Crippen LogP contribution in [0, 0.1) is 19.7 Å². The predicted octanol–water partition coefficient (Wildman–Crippen LogP) is 4.95. The number of halogens is 3. The first-order valence-corrected chi connectivity index (χ1v) is 11.3. The van der Waals surface area contributed by atoms with E-state index < -0.39 is 26.8 Å². The third-order valence-electron chi connectivity index (χ3n) is 4.48. The Morgan fingerprint density at radius 3 is 2.45 bits per heavy atom. The average molecular weight is 485 g/mol. The molecule has 31 heavy (non-hydrogen) atoms. The third-order valence-corrected chi connectivity index (χ3v) is 6.48. The predicted molar refractivity (Wildman–Crippen MR) is 119 cm³/mol. The highest BCUT2D eigenvalue weighted by Gasteiger charge is 2.22. The number of nitrogens with one attached hydrogen (secondary N) is 2. The molecule has 0 aliphatic heterocycles. The Morgan fingerprint density at radius 1 is 1.13 bits per heavy atom. The van der Waals surface area contributed by atoms with Crippen LogP contribution in [0.5, 0.6) is 0 Å². The maximum Gasteiger partial charge on any atom is 0.264 e. The van der Waals surface area contributed by atoms with Crippen molar-refractivity contribution in [3.63, 3.8) is 0 Å². The Labute approximate surface area is 189 Å². The zero-order chi connectivity index (χ0) is 22.9. The van der Waals surface area contributed by atoms with Gasteiger partial charge in [0.25, 0.3) is 10.0 Å². The maximum atomic E-state index is 14.1. The molecule has 2 N–H and O–H groups in total. The zero-order valence-corrected chi connectivity index (χ0v) is 19.1. The number of amides is 1. The summed E-state index contributed by atoms with van der Waals surface area (Å²) < 4.78 is 42.9. The fourth-order valence-corrected chi connectivity index (χ4v) is 4.58. The van der Waals surface area contributed by atoms with Crippen molar-refractivity contribution in [3.8, 4) is 0 Å². The molecule has 0 radical (unpaired) electrons. The maximum absolute atomic E-state index is 14.1. The molecular weight excluding hydrogens is 466 g/mol.